The first kappa shape index (κ1) is 10.6. The van der Waals surface area contributed by atoms with Crippen molar-refractivity contribution in [2.45, 2.75) is 12.5 Å². The minimum Gasteiger partial charge on any atom is -0.382 e. The average molecular weight is 228 g/mol. The van der Waals surface area contributed by atoms with Crippen molar-refractivity contribution in [2.75, 3.05) is 0 Å². The van der Waals surface area contributed by atoms with E-state index in [2.05, 4.69) is 4.98 Å². The second-order valence-corrected chi connectivity index (χ2v) is 3.10. The third kappa shape index (κ3) is 2.49. The molecule has 0 aromatic carbocycles. The number of hydrogen-bond donors (Lipinski definition) is 1. The zero-order valence-corrected chi connectivity index (χ0v) is 7.73. The minimum atomic E-state index is -2.89. The van der Waals surface area contributed by atoms with E-state index in [0.717, 1.165) is 12.3 Å². The van der Waals surface area contributed by atoms with Crippen LogP contribution >= 0.6 is 23.2 Å². The van der Waals surface area contributed by atoms with Crippen molar-refractivity contribution >= 4 is 23.2 Å². The smallest absolute Gasteiger partial charge is 0.268 e. The van der Waals surface area contributed by atoms with Gasteiger partial charge in [-0.1, -0.05) is 23.2 Å². The topological polar surface area (TPSA) is 33.1 Å². The van der Waals surface area contributed by atoms with Gasteiger partial charge in [0.05, 0.1) is 5.02 Å². The molecule has 1 aromatic heterocycles. The molecule has 0 fully saturated rings. The highest BCUT2D eigenvalue weighted by molar-refractivity contribution is 6.32. The fraction of sp³-hybridized carbons (Fsp3) is 0.286. The van der Waals surface area contributed by atoms with Gasteiger partial charge in [0.15, 0.2) is 0 Å². The van der Waals surface area contributed by atoms with Gasteiger partial charge >= 0.3 is 0 Å². The summed E-state index contributed by atoms with van der Waals surface area (Å²) in [5.41, 5.74) is -0.114. The van der Waals surface area contributed by atoms with Crippen molar-refractivity contribution in [3.63, 3.8) is 0 Å². The van der Waals surface area contributed by atoms with Crippen molar-refractivity contribution in [3.05, 3.63) is 28.0 Å². The lowest BCUT2D eigenvalue weighted by molar-refractivity contribution is -0.00576. The number of aromatic nitrogens is 1. The van der Waals surface area contributed by atoms with Gasteiger partial charge in [0.1, 0.15) is 11.3 Å². The second kappa shape index (κ2) is 4.17. The molecule has 1 heterocycles. The molecule has 6 heteroatoms. The Hall–Kier alpha value is -0.450. The van der Waals surface area contributed by atoms with Gasteiger partial charge in [0.2, 0.25) is 0 Å². The standard InChI is InChI=1S/C7H5Cl2F2NO/c8-4-2-12-5(9)1-3(4)6(13)7(10)11/h1-2,6-7,13H. The number of hydrogen-bond acceptors (Lipinski definition) is 2. The zero-order valence-electron chi connectivity index (χ0n) is 6.22. The molecule has 1 atom stereocenters. The monoisotopic (exact) mass is 227 g/mol. The fourth-order valence-corrected chi connectivity index (χ4v) is 1.17. The molecule has 0 bridgehead atoms. The zero-order chi connectivity index (χ0) is 10.0. The molecule has 0 aliphatic heterocycles. The summed E-state index contributed by atoms with van der Waals surface area (Å²) in [6, 6.07) is 1.11. The van der Waals surface area contributed by atoms with E-state index in [-0.39, 0.29) is 15.7 Å². The van der Waals surface area contributed by atoms with Crippen LogP contribution in [0.3, 0.4) is 0 Å². The van der Waals surface area contributed by atoms with E-state index < -0.39 is 12.5 Å². The number of aliphatic hydroxyl groups is 1. The van der Waals surface area contributed by atoms with Crippen LogP contribution in [0.1, 0.15) is 11.7 Å². The summed E-state index contributed by atoms with van der Waals surface area (Å²) in [6.45, 7) is 0. The van der Waals surface area contributed by atoms with Gasteiger partial charge < -0.3 is 5.11 Å². The lowest BCUT2D eigenvalue weighted by Crippen LogP contribution is -2.08. The van der Waals surface area contributed by atoms with Gasteiger partial charge in [-0.05, 0) is 6.07 Å². The van der Waals surface area contributed by atoms with Gasteiger partial charge in [-0.3, -0.25) is 0 Å². The first-order valence-electron chi connectivity index (χ1n) is 3.29. The van der Waals surface area contributed by atoms with Crippen molar-refractivity contribution in [1.29, 1.82) is 0 Å². The fourth-order valence-electron chi connectivity index (χ4n) is 0.790. The lowest BCUT2D eigenvalue weighted by atomic mass is 10.1. The van der Waals surface area contributed by atoms with Gasteiger partial charge in [-0.15, -0.1) is 0 Å². The average Bonchev–Trinajstić information content (AvgIpc) is 2.08. The van der Waals surface area contributed by atoms with Crippen LogP contribution in [0.5, 0.6) is 0 Å². The van der Waals surface area contributed by atoms with Crippen molar-refractivity contribution in [2.24, 2.45) is 0 Å². The van der Waals surface area contributed by atoms with E-state index in [0.29, 0.717) is 0 Å². The highest BCUT2D eigenvalue weighted by Gasteiger charge is 2.22. The summed E-state index contributed by atoms with van der Waals surface area (Å²) in [6.07, 6.45) is -3.70. The molecule has 1 N–H and O–H groups in total. The summed E-state index contributed by atoms with van der Waals surface area (Å²) < 4.78 is 24.1. The van der Waals surface area contributed by atoms with Crippen LogP contribution in [-0.2, 0) is 0 Å². The first-order valence-corrected chi connectivity index (χ1v) is 4.05. The summed E-state index contributed by atoms with van der Waals surface area (Å²) in [5, 5.41) is 8.96. The summed E-state index contributed by atoms with van der Waals surface area (Å²) in [4.78, 5) is 3.56. The van der Waals surface area contributed by atoms with Crippen molar-refractivity contribution < 1.29 is 13.9 Å². The molecule has 0 saturated heterocycles. The van der Waals surface area contributed by atoms with E-state index in [9.17, 15) is 8.78 Å². The van der Waals surface area contributed by atoms with Crippen LogP contribution in [0.2, 0.25) is 10.2 Å². The second-order valence-electron chi connectivity index (χ2n) is 2.31. The molecule has 0 radical (unpaired) electrons. The van der Waals surface area contributed by atoms with E-state index >= 15 is 0 Å². The quantitative estimate of drug-likeness (QED) is 0.789. The van der Waals surface area contributed by atoms with E-state index in [4.69, 9.17) is 28.3 Å². The molecule has 13 heavy (non-hydrogen) atoms. The molecule has 0 aliphatic rings. The predicted molar refractivity (Wildman–Crippen MR) is 45.2 cm³/mol. The van der Waals surface area contributed by atoms with E-state index in [1.165, 1.54) is 0 Å². The largest absolute Gasteiger partial charge is 0.382 e. The highest BCUT2D eigenvalue weighted by Crippen LogP contribution is 2.28. The van der Waals surface area contributed by atoms with Crippen molar-refractivity contribution in [1.82, 2.24) is 4.98 Å². The SMILES string of the molecule is OC(c1cc(Cl)ncc1Cl)C(F)F. The van der Waals surface area contributed by atoms with Gasteiger partial charge in [-0.2, -0.15) is 0 Å². The van der Waals surface area contributed by atoms with Crippen molar-refractivity contribution in [3.8, 4) is 0 Å². The van der Waals surface area contributed by atoms with E-state index in [1.807, 2.05) is 0 Å². The molecule has 72 valence electrons. The normalized spacial score (nSPS) is 13.4. The lowest BCUT2D eigenvalue weighted by Gasteiger charge is -2.10. The molecule has 2 nitrogen and oxygen atoms in total. The molecule has 0 saturated carbocycles. The van der Waals surface area contributed by atoms with Gasteiger partial charge in [0, 0.05) is 11.8 Å². The molecule has 1 aromatic rings. The predicted octanol–water partition coefficient (Wildman–Crippen LogP) is 2.69. The Morgan fingerprint density at radius 3 is 2.54 bits per heavy atom. The van der Waals surface area contributed by atoms with Crippen LogP contribution in [-0.4, -0.2) is 16.5 Å². The maximum Gasteiger partial charge on any atom is 0.268 e. The number of alkyl halides is 2. The Bertz CT molecular complexity index is 309. The molecule has 0 amide bonds. The third-order valence-electron chi connectivity index (χ3n) is 1.41. The van der Waals surface area contributed by atoms with Crippen LogP contribution in [0.4, 0.5) is 8.78 Å². The molecule has 0 spiro atoms. The maximum atomic E-state index is 12.1. The van der Waals surface area contributed by atoms with Gasteiger partial charge in [0.25, 0.3) is 6.43 Å². The summed E-state index contributed by atoms with van der Waals surface area (Å²) >= 11 is 11.0. The first-order chi connectivity index (χ1) is 6.02. The Labute approximate surface area is 83.1 Å². The Balaban J connectivity index is 3.05. The number of rotatable bonds is 2. The summed E-state index contributed by atoms with van der Waals surface area (Å²) in [7, 11) is 0. The van der Waals surface area contributed by atoms with Crippen LogP contribution < -0.4 is 0 Å². The van der Waals surface area contributed by atoms with Crippen LogP contribution in [0.25, 0.3) is 0 Å². The Morgan fingerprint density at radius 2 is 2.00 bits per heavy atom. The maximum absolute atomic E-state index is 12.1. The number of nitrogens with zero attached hydrogens (tertiary/aromatic N) is 1. The molecule has 1 rings (SSSR count). The Kier molecular flexibility index (Phi) is 3.41. The number of halogens is 4. The third-order valence-corrected chi connectivity index (χ3v) is 1.93. The molecular formula is C7H5Cl2F2NO. The minimum absolute atomic E-state index is 0.0131. The molecular weight excluding hydrogens is 223 g/mol. The number of pyridine rings is 1. The highest BCUT2D eigenvalue weighted by atomic mass is 35.5. The van der Waals surface area contributed by atoms with Gasteiger partial charge in [-0.25, -0.2) is 13.8 Å². The van der Waals surface area contributed by atoms with Crippen LogP contribution in [0, 0.1) is 0 Å². The molecule has 0 aliphatic carbocycles. The Morgan fingerprint density at radius 1 is 1.38 bits per heavy atom. The van der Waals surface area contributed by atoms with Crippen LogP contribution in [0.15, 0.2) is 12.3 Å². The molecule has 1 unspecified atom stereocenters. The number of aliphatic hydroxyl groups excluding tert-OH is 1. The summed E-state index contributed by atoms with van der Waals surface area (Å²) in [5.74, 6) is 0. The van der Waals surface area contributed by atoms with E-state index in [1.54, 1.807) is 0 Å².